The quantitative estimate of drug-likeness (QED) is 0.363. The van der Waals surface area contributed by atoms with Gasteiger partial charge < -0.3 is 4.39 Å². The molecule has 0 aromatic carbocycles. The number of nitrogens with zero attached hydrogens (tertiary/aromatic N) is 3. The third kappa shape index (κ3) is 0.971. The fraction of sp³-hybridized carbons (Fsp3) is 1.00. The largest absolute Gasteiger partial charge is 0.483 e. The summed E-state index contributed by atoms with van der Waals surface area (Å²) >= 11 is 0. The Bertz CT molecular complexity index is 163. The molecule has 4 aliphatic heterocycles. The average molecular weight is 168 g/mol. The van der Waals surface area contributed by atoms with Crippen molar-refractivity contribution < 1.29 is 4.39 Å². The predicted molar refractivity (Wildman–Crippen MR) is 45.8 cm³/mol. The summed E-state index contributed by atoms with van der Waals surface area (Å²) in [4.78, 5) is 5.00. The molecular weight excluding hydrogens is 156 g/mol. The molecule has 58 valence electrons. The van der Waals surface area contributed by atoms with Gasteiger partial charge >= 0.3 is 7.98 Å². The topological polar surface area (TPSA) is 6.48 Å². The monoisotopic (exact) mass is 168 g/mol. The summed E-state index contributed by atoms with van der Waals surface area (Å²) < 4.78 is 0.811. The molecule has 0 N–H and O–H groups in total. The summed E-state index contributed by atoms with van der Waals surface area (Å²) in [6.45, 7) is 3.36. The highest BCUT2D eigenvalue weighted by Gasteiger charge is 2.46. The molecule has 0 aromatic heterocycles. The molecule has 4 saturated heterocycles. The van der Waals surface area contributed by atoms with E-state index in [2.05, 4.69) is 9.80 Å². The van der Waals surface area contributed by atoms with Crippen LogP contribution in [-0.2, 0) is 0 Å². The van der Waals surface area contributed by atoms with E-state index in [0.29, 0.717) is 0 Å². The van der Waals surface area contributed by atoms with E-state index in [4.69, 9.17) is 7.98 Å². The van der Waals surface area contributed by atoms with Gasteiger partial charge in [0, 0.05) is 12.6 Å². The van der Waals surface area contributed by atoms with E-state index in [0.717, 1.165) is 17.7 Å². The first kappa shape index (κ1) is 6.84. The molecule has 4 rings (SSSR count). The second-order valence-corrected chi connectivity index (χ2v) is 6.27. The molecule has 4 bridgehead atoms. The van der Waals surface area contributed by atoms with Crippen molar-refractivity contribution in [3.8, 4) is 0 Å². The van der Waals surface area contributed by atoms with Crippen LogP contribution in [0, 0.1) is 0 Å². The number of quaternary nitrogens is 1. The fourth-order valence-corrected chi connectivity index (χ4v) is 5.31. The molecular formula is C6H12BN3P+. The lowest BCUT2D eigenvalue weighted by molar-refractivity contribution is -0.843. The fourth-order valence-electron chi connectivity index (χ4n) is 2.58. The zero-order valence-electron chi connectivity index (χ0n) is 6.61. The Morgan fingerprint density at radius 1 is 1.18 bits per heavy atom. The molecule has 2 unspecified atom stereocenters. The second kappa shape index (κ2) is 2.00. The van der Waals surface area contributed by atoms with Crippen molar-refractivity contribution in [1.82, 2.24) is 9.80 Å². The molecule has 2 radical (unpaired) electrons. The Morgan fingerprint density at radius 2 is 1.82 bits per heavy atom. The Hall–Kier alpha value is 0.375. The van der Waals surface area contributed by atoms with Crippen LogP contribution in [0.3, 0.4) is 0 Å². The third-order valence-electron chi connectivity index (χ3n) is 2.64. The molecule has 4 heterocycles. The zero-order chi connectivity index (χ0) is 7.47. The van der Waals surface area contributed by atoms with E-state index in [9.17, 15) is 0 Å². The van der Waals surface area contributed by atoms with E-state index in [1.54, 1.807) is 0 Å². The average Bonchev–Trinajstić information content (AvgIpc) is 1.79. The van der Waals surface area contributed by atoms with Crippen molar-refractivity contribution >= 4 is 15.9 Å². The van der Waals surface area contributed by atoms with Crippen molar-refractivity contribution in [2.24, 2.45) is 0 Å². The lowest BCUT2D eigenvalue weighted by atomic mass is 10.2. The van der Waals surface area contributed by atoms with Crippen LogP contribution >= 0.6 is 7.92 Å². The van der Waals surface area contributed by atoms with Crippen LogP contribution in [-0.4, -0.2) is 61.0 Å². The standard InChI is InChI=1S/C6H12BN3P/c7-10-2-8-1-9(3-10)5-11(4-8)6-10/h1-6H2/q+1. The van der Waals surface area contributed by atoms with Gasteiger partial charge in [-0.05, 0) is 7.92 Å². The Kier molecular flexibility index (Phi) is 1.24. The molecule has 4 aliphatic rings. The van der Waals surface area contributed by atoms with Gasteiger partial charge in [0.2, 0.25) is 0 Å². The van der Waals surface area contributed by atoms with E-state index < -0.39 is 0 Å². The molecule has 11 heavy (non-hydrogen) atoms. The minimum atomic E-state index is 0.239. The number of rotatable bonds is 0. The maximum atomic E-state index is 6.19. The molecule has 5 heteroatoms. The first-order valence-corrected chi connectivity index (χ1v) is 5.95. The maximum Gasteiger partial charge on any atom is 0.483 e. The lowest BCUT2D eigenvalue weighted by Crippen LogP contribution is -2.70. The van der Waals surface area contributed by atoms with Gasteiger partial charge in [-0.3, -0.25) is 0 Å². The smallest absolute Gasteiger partial charge is 0.368 e. The van der Waals surface area contributed by atoms with Gasteiger partial charge in [-0.1, -0.05) is 0 Å². The Morgan fingerprint density at radius 3 is 2.27 bits per heavy atom. The zero-order valence-corrected chi connectivity index (χ0v) is 7.50. The number of hydrogen-bond acceptors (Lipinski definition) is 2. The molecule has 0 aliphatic carbocycles. The maximum absolute atomic E-state index is 6.19. The second-order valence-electron chi connectivity index (χ2n) is 4.08. The van der Waals surface area contributed by atoms with Gasteiger partial charge in [-0.2, -0.15) is 0 Å². The van der Waals surface area contributed by atoms with Crippen molar-refractivity contribution in [3.63, 3.8) is 0 Å². The van der Waals surface area contributed by atoms with Gasteiger partial charge in [0.25, 0.3) is 0 Å². The molecule has 0 aromatic rings. The van der Waals surface area contributed by atoms with E-state index >= 15 is 0 Å². The lowest BCUT2D eigenvalue weighted by Gasteiger charge is -2.59. The summed E-state index contributed by atoms with van der Waals surface area (Å²) in [5.41, 5.74) is 0. The van der Waals surface area contributed by atoms with Crippen molar-refractivity contribution in [2.75, 3.05) is 38.9 Å². The van der Waals surface area contributed by atoms with Crippen LogP contribution in [0.15, 0.2) is 0 Å². The van der Waals surface area contributed by atoms with Crippen molar-refractivity contribution in [2.45, 2.75) is 0 Å². The molecule has 0 spiro atoms. The minimum Gasteiger partial charge on any atom is -0.368 e. The Balaban J connectivity index is 1.94. The van der Waals surface area contributed by atoms with Gasteiger partial charge in [0.1, 0.15) is 13.3 Å². The first-order chi connectivity index (χ1) is 5.23. The van der Waals surface area contributed by atoms with Crippen molar-refractivity contribution in [1.29, 1.82) is 0 Å². The van der Waals surface area contributed by atoms with Gasteiger partial charge in [-0.15, -0.1) is 0 Å². The third-order valence-corrected chi connectivity index (χ3v) is 5.21. The van der Waals surface area contributed by atoms with Crippen LogP contribution < -0.4 is 0 Å². The first-order valence-electron chi connectivity index (χ1n) is 4.05. The molecule has 0 amide bonds. The van der Waals surface area contributed by atoms with E-state index in [1.165, 1.54) is 25.5 Å². The number of hydrogen-bond donors (Lipinski definition) is 0. The highest BCUT2D eigenvalue weighted by Crippen LogP contribution is 2.49. The van der Waals surface area contributed by atoms with E-state index in [-0.39, 0.29) is 7.92 Å². The van der Waals surface area contributed by atoms with Crippen LogP contribution in [0.1, 0.15) is 0 Å². The Labute approximate surface area is 69.7 Å². The van der Waals surface area contributed by atoms with Gasteiger partial charge in [-0.25, -0.2) is 9.80 Å². The molecule has 0 saturated carbocycles. The van der Waals surface area contributed by atoms with Crippen LogP contribution in [0.5, 0.6) is 0 Å². The normalized spacial score (nSPS) is 60.2. The summed E-state index contributed by atoms with van der Waals surface area (Å²) in [5, 5.41) is 0. The highest BCUT2D eigenvalue weighted by atomic mass is 31.1. The summed E-state index contributed by atoms with van der Waals surface area (Å²) in [5.74, 6) is 0. The summed E-state index contributed by atoms with van der Waals surface area (Å²) in [6, 6.07) is 0. The SMILES string of the molecule is [B][N+]12CN3CN(CP(C3)C1)C2. The van der Waals surface area contributed by atoms with Crippen LogP contribution in [0.4, 0.5) is 0 Å². The van der Waals surface area contributed by atoms with Crippen LogP contribution in [0.2, 0.25) is 0 Å². The predicted octanol–water partition coefficient (Wildman–Crippen LogP) is -0.242. The summed E-state index contributed by atoms with van der Waals surface area (Å²) in [6.07, 6.45) is 3.97. The van der Waals surface area contributed by atoms with Gasteiger partial charge in [0.15, 0.2) is 0 Å². The van der Waals surface area contributed by atoms with Crippen molar-refractivity contribution in [3.05, 3.63) is 0 Å². The summed E-state index contributed by atoms with van der Waals surface area (Å²) in [7, 11) is 6.43. The molecule has 4 fully saturated rings. The minimum absolute atomic E-state index is 0.239. The molecule has 3 nitrogen and oxygen atoms in total. The van der Waals surface area contributed by atoms with Crippen LogP contribution in [0.25, 0.3) is 0 Å². The highest BCUT2D eigenvalue weighted by molar-refractivity contribution is 7.57. The van der Waals surface area contributed by atoms with Gasteiger partial charge in [0.05, 0.1) is 13.0 Å². The molecule has 2 atom stereocenters. The van der Waals surface area contributed by atoms with E-state index in [1.807, 2.05) is 0 Å².